The molecule has 3 rings (SSSR count). The molecule has 0 spiro atoms. The zero-order valence-electron chi connectivity index (χ0n) is 13.7. The van der Waals surface area contributed by atoms with Gasteiger partial charge in [0.1, 0.15) is 0 Å². The topological polar surface area (TPSA) is 175 Å². The number of rotatable bonds is 3. The van der Waals surface area contributed by atoms with Gasteiger partial charge in [-0.25, -0.2) is 4.98 Å². The van der Waals surface area contributed by atoms with Crippen LogP contribution in [0.5, 0.6) is 5.75 Å². The number of pyridine rings is 1. The summed E-state index contributed by atoms with van der Waals surface area (Å²) < 4.78 is 0. The molecular weight excluding hydrogens is 458 g/mol. The zero-order valence-corrected chi connectivity index (χ0v) is 16.5. The van der Waals surface area contributed by atoms with Crippen LogP contribution in [0.1, 0.15) is 11.1 Å². The second kappa shape index (κ2) is 13.8. The van der Waals surface area contributed by atoms with Gasteiger partial charge in [0.25, 0.3) is 0 Å². The summed E-state index contributed by atoms with van der Waals surface area (Å²) in [5.41, 5.74) is 0.854. The van der Waals surface area contributed by atoms with Crippen LogP contribution >= 0.6 is 0 Å². The molecule has 146 valence electrons. The first-order valence-corrected chi connectivity index (χ1v) is 6.69. The Morgan fingerprint density at radius 1 is 0.963 bits per heavy atom. The van der Waals surface area contributed by atoms with Crippen molar-refractivity contribution in [2.45, 2.75) is 0 Å². The van der Waals surface area contributed by atoms with Gasteiger partial charge in [-0.1, -0.05) is 42.1 Å². The number of nitrogens with zero attached hydrogens (tertiary/aromatic N) is 2. The number of aromatic nitrogens is 1. The van der Waals surface area contributed by atoms with Gasteiger partial charge in [0.15, 0.2) is 12.4 Å². The first-order valence-electron chi connectivity index (χ1n) is 6.69. The fourth-order valence-electron chi connectivity index (χ4n) is 2.14. The van der Waals surface area contributed by atoms with Crippen LogP contribution < -0.4 is 27.6 Å². The summed E-state index contributed by atoms with van der Waals surface area (Å²) in [7, 11) is 0. The van der Waals surface area contributed by atoms with E-state index in [-0.39, 0.29) is 55.7 Å². The van der Waals surface area contributed by atoms with Gasteiger partial charge >= 0.3 is 0 Å². The predicted octanol–water partition coefficient (Wildman–Crippen LogP) is -3.29. The number of halogens is 1. The van der Waals surface area contributed by atoms with Gasteiger partial charge in [0, 0.05) is 39.1 Å². The maximum atomic E-state index is 12.0. The van der Waals surface area contributed by atoms with Crippen molar-refractivity contribution >= 4 is 22.9 Å². The summed E-state index contributed by atoms with van der Waals surface area (Å²) in [4.78, 5) is 2.82. The Morgan fingerprint density at radius 3 is 2.26 bits per heavy atom. The van der Waals surface area contributed by atoms with Gasteiger partial charge in [0.2, 0.25) is 0 Å². The fraction of sp³-hybridized carbons (Fsp3) is 0. The predicted molar refractivity (Wildman–Crippen MR) is 86.8 cm³/mol. The molecule has 0 aliphatic heterocycles. The summed E-state index contributed by atoms with van der Waals surface area (Å²) in [5.74, 6) is -0.614. The van der Waals surface area contributed by atoms with Crippen LogP contribution in [-0.4, -0.2) is 12.1 Å². The molecule has 0 aliphatic carbocycles. The van der Waals surface area contributed by atoms with Crippen molar-refractivity contribution in [3.63, 3.8) is 0 Å². The smallest absolute Gasteiger partial charge is 0.167 e. The van der Waals surface area contributed by atoms with Crippen molar-refractivity contribution in [2.24, 2.45) is 10.2 Å². The van der Waals surface area contributed by atoms with E-state index >= 15 is 0 Å². The van der Waals surface area contributed by atoms with Crippen molar-refractivity contribution in [3.05, 3.63) is 72.1 Å². The molecule has 1 aromatic heterocycles. The fourth-order valence-corrected chi connectivity index (χ4v) is 2.14. The number of H-pyrrole nitrogens is 1. The van der Waals surface area contributed by atoms with Crippen LogP contribution in [0, 0.1) is 0 Å². The summed E-state index contributed by atoms with van der Waals surface area (Å²) in [6.07, 6.45) is 4.59. The van der Waals surface area contributed by atoms with Crippen LogP contribution in [0.15, 0.2) is 71.1 Å². The minimum Gasteiger partial charge on any atom is -2.00 e. The van der Waals surface area contributed by atoms with Gasteiger partial charge in [-0.3, -0.25) is 0 Å². The SMILES string of the molecule is [Cl-].[Mo].[O-2].[O-2].[O-]/C(=N\N=C\c1c([O-])ccc2ccccc12)c1cc[nH+]cc1.[OH3+]. The number of nitrogens with one attached hydrogen (secondary N) is 1. The average molecular weight is 473 g/mol. The average Bonchev–Trinajstić information content (AvgIpc) is 2.57. The second-order valence-corrected chi connectivity index (χ2v) is 4.64. The van der Waals surface area contributed by atoms with Gasteiger partial charge in [0.05, 0.1) is 6.21 Å². The zero-order chi connectivity index (χ0) is 15.4. The van der Waals surface area contributed by atoms with Crippen molar-refractivity contribution in [3.8, 4) is 5.75 Å². The van der Waals surface area contributed by atoms with Gasteiger partial charge in [-0.15, -0.1) is 0 Å². The molecule has 0 radical (unpaired) electrons. The third kappa shape index (κ3) is 7.05. The Balaban J connectivity index is -0.00000115. The standard InChI is InChI=1S/C17H13N3O2.ClH.Mo.H2O.2O/c21-16-6-5-12-3-1-2-4-14(12)15(16)11-19-20-17(22)13-7-9-18-10-8-13;;;;;/h1-11,21H,(H,20,22);1H;;1H2;;/q;;;;2*-2/p-1/b19-11+;;;;;. The molecule has 0 fully saturated rings. The van der Waals surface area contributed by atoms with Crippen molar-refractivity contribution in [1.82, 2.24) is 0 Å². The van der Waals surface area contributed by atoms with E-state index in [1.165, 1.54) is 12.3 Å². The Kier molecular flexibility index (Phi) is 15.0. The van der Waals surface area contributed by atoms with Crippen LogP contribution in [0.2, 0.25) is 0 Å². The number of hydrogen-bond donors (Lipinski definition) is 0. The summed E-state index contributed by atoms with van der Waals surface area (Å²) in [5, 5.41) is 32.9. The van der Waals surface area contributed by atoms with Gasteiger partial charge in [-0.05, 0) is 21.9 Å². The van der Waals surface area contributed by atoms with Crippen LogP contribution in [0.3, 0.4) is 0 Å². The molecule has 1 heterocycles. The summed E-state index contributed by atoms with van der Waals surface area (Å²) >= 11 is 0. The minimum absolute atomic E-state index is 0. The third-order valence-corrected chi connectivity index (χ3v) is 3.23. The Morgan fingerprint density at radius 2 is 1.59 bits per heavy atom. The molecule has 0 bridgehead atoms. The van der Waals surface area contributed by atoms with Crippen LogP contribution in [0.4, 0.5) is 0 Å². The number of aromatic amines is 1. The first-order chi connectivity index (χ1) is 10.8. The monoisotopic (exact) mass is 474 g/mol. The van der Waals surface area contributed by atoms with E-state index in [2.05, 4.69) is 15.2 Å². The van der Waals surface area contributed by atoms with Gasteiger partial charge in [-0.2, -0.15) is 10.2 Å². The van der Waals surface area contributed by atoms with Crippen LogP contribution in [-0.2, 0) is 37.5 Å². The molecule has 10 heteroatoms. The Hall–Kier alpha value is -2.35. The molecule has 4 N–H and O–H groups in total. The van der Waals surface area contributed by atoms with E-state index in [1.807, 2.05) is 24.3 Å². The van der Waals surface area contributed by atoms with E-state index in [9.17, 15) is 10.2 Å². The first kappa shape index (κ1) is 29.4. The summed E-state index contributed by atoms with van der Waals surface area (Å²) in [6, 6.07) is 14.0. The maximum absolute atomic E-state index is 12.0. The van der Waals surface area contributed by atoms with E-state index < -0.39 is 5.90 Å². The van der Waals surface area contributed by atoms with Crippen molar-refractivity contribution in [1.29, 1.82) is 0 Å². The van der Waals surface area contributed by atoms with E-state index in [4.69, 9.17) is 0 Å². The summed E-state index contributed by atoms with van der Waals surface area (Å²) in [6.45, 7) is 0. The molecule has 0 amide bonds. The molecule has 0 saturated heterocycles. The Labute approximate surface area is 175 Å². The number of benzene rings is 2. The normalized spacial score (nSPS) is 9.85. The molecule has 27 heavy (non-hydrogen) atoms. The quantitative estimate of drug-likeness (QED) is 0.128. The molecule has 3 aromatic rings. The van der Waals surface area contributed by atoms with E-state index in [0.29, 0.717) is 11.1 Å². The number of fused-ring (bicyclic) bond motifs is 1. The third-order valence-electron chi connectivity index (χ3n) is 3.23. The van der Waals surface area contributed by atoms with Crippen molar-refractivity contribution in [2.75, 3.05) is 0 Å². The Bertz CT molecular complexity index is 879. The van der Waals surface area contributed by atoms with Crippen molar-refractivity contribution < 1.29 is 65.1 Å². The van der Waals surface area contributed by atoms with E-state index in [1.54, 1.807) is 30.6 Å². The molecule has 0 atom stereocenters. The van der Waals surface area contributed by atoms with Gasteiger partial charge < -0.3 is 39.0 Å². The van der Waals surface area contributed by atoms with E-state index in [0.717, 1.165) is 10.8 Å². The largest absolute Gasteiger partial charge is 2.00 e. The molecule has 2 aromatic carbocycles. The molecule has 0 unspecified atom stereocenters. The minimum atomic E-state index is -0.460. The molecule has 0 aliphatic rings. The molecule has 0 saturated carbocycles. The molecular formula is C17H15ClMoN3O5-5. The second-order valence-electron chi connectivity index (χ2n) is 4.64. The number of hydrogen-bond acceptors (Lipinski definition) is 4. The maximum Gasteiger partial charge on any atom is 0.167 e. The molecule has 8 nitrogen and oxygen atoms in total. The van der Waals surface area contributed by atoms with Crippen LogP contribution in [0.25, 0.3) is 10.8 Å².